The molecule has 0 unspecified atom stereocenters. The minimum atomic E-state index is -1.15. The van der Waals surface area contributed by atoms with Crippen LogP contribution in [0.5, 0.6) is 0 Å². The summed E-state index contributed by atoms with van der Waals surface area (Å²) in [4.78, 5) is 19.4. The van der Waals surface area contributed by atoms with Crippen molar-refractivity contribution in [3.8, 4) is 0 Å². The van der Waals surface area contributed by atoms with Gasteiger partial charge < -0.3 is 15.4 Å². The zero-order chi connectivity index (χ0) is 19.7. The number of thioether (sulfide) groups is 1. The molecule has 0 bridgehead atoms. The molecule has 2 saturated carbocycles. The summed E-state index contributed by atoms with van der Waals surface area (Å²) in [6.45, 7) is 0. The third kappa shape index (κ3) is 4.17. The maximum Gasteiger partial charge on any atom is 0.261 e. The predicted molar refractivity (Wildman–Crippen MR) is 108 cm³/mol. The summed E-state index contributed by atoms with van der Waals surface area (Å²) in [7, 11) is 0. The highest BCUT2D eigenvalue weighted by Crippen LogP contribution is 2.31. The maximum absolute atomic E-state index is 14.5. The first-order chi connectivity index (χ1) is 13.5. The highest BCUT2D eigenvalue weighted by Gasteiger charge is 2.23. The van der Waals surface area contributed by atoms with Crippen LogP contribution < -0.4 is 10.9 Å². The Hall–Kier alpha value is -1.67. The average Bonchev–Trinajstić information content (AvgIpc) is 3.18. The lowest BCUT2D eigenvalue weighted by atomic mass is 9.97. The second-order valence-corrected chi connectivity index (χ2v) is 9.11. The number of hydrogen-bond acceptors (Lipinski definition) is 5. The average molecular weight is 410 g/mol. The Labute approximate surface area is 166 Å². The maximum atomic E-state index is 14.5. The van der Waals surface area contributed by atoms with Crippen LogP contribution in [0.1, 0.15) is 57.2 Å². The van der Waals surface area contributed by atoms with Crippen molar-refractivity contribution in [2.75, 3.05) is 5.32 Å². The molecule has 8 heteroatoms. The SMILES string of the molecule is O=c1[nH]c(CSC2CCC(O)CC2)nc2cc(NC3CCCC3)c(F)c(F)c12. The van der Waals surface area contributed by atoms with Gasteiger partial charge >= 0.3 is 0 Å². The molecular formula is C20H25F2N3O2S. The number of hydrogen-bond donors (Lipinski definition) is 3. The lowest BCUT2D eigenvalue weighted by molar-refractivity contribution is 0.132. The monoisotopic (exact) mass is 409 g/mol. The second kappa shape index (κ2) is 8.37. The fourth-order valence-corrected chi connectivity index (χ4v) is 5.29. The number of aliphatic hydroxyl groups excluding tert-OH is 1. The third-order valence-electron chi connectivity index (χ3n) is 5.74. The molecule has 1 aromatic heterocycles. The minimum Gasteiger partial charge on any atom is -0.393 e. The van der Waals surface area contributed by atoms with Crippen molar-refractivity contribution < 1.29 is 13.9 Å². The second-order valence-electron chi connectivity index (χ2n) is 7.83. The van der Waals surface area contributed by atoms with E-state index in [4.69, 9.17) is 0 Å². The predicted octanol–water partition coefficient (Wildman–Crippen LogP) is 4.09. The van der Waals surface area contributed by atoms with E-state index in [-0.39, 0.29) is 28.7 Å². The van der Waals surface area contributed by atoms with Crippen molar-refractivity contribution >= 4 is 28.4 Å². The lowest BCUT2D eigenvalue weighted by Crippen LogP contribution is -2.20. The van der Waals surface area contributed by atoms with E-state index in [9.17, 15) is 18.7 Å². The number of aromatic nitrogens is 2. The topological polar surface area (TPSA) is 78.0 Å². The summed E-state index contributed by atoms with van der Waals surface area (Å²) in [5.41, 5.74) is -0.392. The molecule has 0 amide bonds. The van der Waals surface area contributed by atoms with Crippen molar-refractivity contribution in [2.24, 2.45) is 0 Å². The molecule has 2 aromatic rings. The van der Waals surface area contributed by atoms with Gasteiger partial charge in [0, 0.05) is 11.3 Å². The van der Waals surface area contributed by atoms with Crippen LogP contribution in [0, 0.1) is 11.6 Å². The smallest absolute Gasteiger partial charge is 0.261 e. The van der Waals surface area contributed by atoms with E-state index in [0.29, 0.717) is 16.8 Å². The van der Waals surface area contributed by atoms with Crippen molar-refractivity contribution in [2.45, 2.75) is 74.5 Å². The summed E-state index contributed by atoms with van der Waals surface area (Å²) in [5, 5.41) is 12.8. The number of halogens is 2. The summed E-state index contributed by atoms with van der Waals surface area (Å²) in [6, 6.07) is 1.58. The van der Waals surface area contributed by atoms with Crippen LogP contribution in [-0.4, -0.2) is 32.5 Å². The number of benzene rings is 1. The number of aliphatic hydroxyl groups is 1. The van der Waals surface area contributed by atoms with Gasteiger partial charge in [-0.3, -0.25) is 4.79 Å². The number of aromatic amines is 1. The molecule has 0 radical (unpaired) electrons. The molecule has 2 aliphatic rings. The van der Waals surface area contributed by atoms with Crippen LogP contribution in [0.3, 0.4) is 0 Å². The van der Waals surface area contributed by atoms with E-state index in [1.165, 1.54) is 6.07 Å². The normalized spacial score (nSPS) is 23.4. The van der Waals surface area contributed by atoms with Crippen molar-refractivity contribution in [3.63, 3.8) is 0 Å². The first-order valence-electron chi connectivity index (χ1n) is 9.98. The Balaban J connectivity index is 1.57. The van der Waals surface area contributed by atoms with Crippen LogP contribution in [-0.2, 0) is 5.75 Å². The molecule has 2 aliphatic carbocycles. The lowest BCUT2D eigenvalue weighted by Gasteiger charge is -2.24. The van der Waals surface area contributed by atoms with Crippen LogP contribution >= 0.6 is 11.8 Å². The summed E-state index contributed by atoms with van der Waals surface area (Å²) >= 11 is 1.68. The van der Waals surface area contributed by atoms with Crippen molar-refractivity contribution in [1.29, 1.82) is 0 Å². The number of anilines is 1. The van der Waals surface area contributed by atoms with E-state index in [0.717, 1.165) is 51.4 Å². The Bertz CT molecular complexity index is 906. The molecule has 1 aromatic carbocycles. The van der Waals surface area contributed by atoms with Crippen LogP contribution in [0.25, 0.3) is 10.9 Å². The van der Waals surface area contributed by atoms with Gasteiger partial charge in [0.05, 0.1) is 23.1 Å². The van der Waals surface area contributed by atoms with Crippen LogP contribution in [0.15, 0.2) is 10.9 Å². The number of rotatable bonds is 5. The molecule has 2 fully saturated rings. The Morgan fingerprint density at radius 1 is 1.14 bits per heavy atom. The fourth-order valence-electron chi connectivity index (χ4n) is 4.16. The van der Waals surface area contributed by atoms with Gasteiger partial charge in [-0.15, -0.1) is 0 Å². The van der Waals surface area contributed by atoms with Gasteiger partial charge in [0.2, 0.25) is 0 Å². The molecule has 0 atom stereocenters. The van der Waals surface area contributed by atoms with Gasteiger partial charge in [-0.05, 0) is 44.6 Å². The van der Waals surface area contributed by atoms with Crippen molar-refractivity contribution in [1.82, 2.24) is 9.97 Å². The fraction of sp³-hybridized carbons (Fsp3) is 0.600. The molecular weight excluding hydrogens is 384 g/mol. The highest BCUT2D eigenvalue weighted by molar-refractivity contribution is 7.99. The van der Waals surface area contributed by atoms with Gasteiger partial charge in [0.1, 0.15) is 11.2 Å². The van der Waals surface area contributed by atoms with Crippen molar-refractivity contribution in [3.05, 3.63) is 33.9 Å². The van der Waals surface area contributed by atoms with Gasteiger partial charge in [-0.2, -0.15) is 11.8 Å². The molecule has 0 spiro atoms. The standard InChI is InChI=1S/C20H25F2N3O2S/c21-18-15(23-11-3-1-2-4-11)9-14-17(19(18)22)20(27)25-16(24-14)10-28-13-7-5-12(26)6-8-13/h9,11-13,23,26H,1-8,10H2,(H,24,25,27). The molecule has 1 heterocycles. The molecule has 5 nitrogen and oxygen atoms in total. The highest BCUT2D eigenvalue weighted by atomic mass is 32.2. The first kappa shape index (κ1) is 19.6. The third-order valence-corrected chi connectivity index (χ3v) is 7.12. The quantitative estimate of drug-likeness (QED) is 0.693. The molecule has 3 N–H and O–H groups in total. The van der Waals surface area contributed by atoms with E-state index < -0.39 is 17.2 Å². The van der Waals surface area contributed by atoms with Gasteiger partial charge in [0.15, 0.2) is 11.6 Å². The van der Waals surface area contributed by atoms with E-state index in [1.807, 2.05) is 0 Å². The summed E-state index contributed by atoms with van der Waals surface area (Å²) in [5.74, 6) is -1.20. The molecule has 4 rings (SSSR count). The van der Waals surface area contributed by atoms with E-state index in [1.54, 1.807) is 11.8 Å². The minimum absolute atomic E-state index is 0.0786. The zero-order valence-corrected chi connectivity index (χ0v) is 16.5. The Morgan fingerprint density at radius 2 is 1.86 bits per heavy atom. The molecule has 28 heavy (non-hydrogen) atoms. The summed E-state index contributed by atoms with van der Waals surface area (Å²) < 4.78 is 29.0. The largest absolute Gasteiger partial charge is 0.393 e. The van der Waals surface area contributed by atoms with Crippen LogP contribution in [0.2, 0.25) is 0 Å². The van der Waals surface area contributed by atoms with Gasteiger partial charge in [-0.25, -0.2) is 13.8 Å². The Morgan fingerprint density at radius 3 is 2.57 bits per heavy atom. The van der Waals surface area contributed by atoms with E-state index in [2.05, 4.69) is 15.3 Å². The number of nitrogens with one attached hydrogen (secondary N) is 2. The van der Waals surface area contributed by atoms with E-state index >= 15 is 0 Å². The van der Waals surface area contributed by atoms with Gasteiger partial charge in [0.25, 0.3) is 5.56 Å². The van der Waals surface area contributed by atoms with Gasteiger partial charge in [-0.1, -0.05) is 12.8 Å². The Kier molecular flexibility index (Phi) is 5.87. The molecule has 152 valence electrons. The zero-order valence-electron chi connectivity index (χ0n) is 15.6. The summed E-state index contributed by atoms with van der Waals surface area (Å²) in [6.07, 6.45) is 7.25. The number of H-pyrrole nitrogens is 1. The first-order valence-corrected chi connectivity index (χ1v) is 11.0. The number of nitrogens with zero attached hydrogens (tertiary/aromatic N) is 1. The molecule has 0 aliphatic heterocycles. The van der Waals surface area contributed by atoms with Crippen LogP contribution in [0.4, 0.5) is 14.5 Å². The number of fused-ring (bicyclic) bond motifs is 1. The molecule has 0 saturated heterocycles.